The highest BCUT2D eigenvalue weighted by molar-refractivity contribution is 7.09. The Hall–Kier alpha value is -0.870. The molecule has 0 aromatic carbocycles. The van der Waals surface area contributed by atoms with Crippen LogP contribution in [0.2, 0.25) is 0 Å². The van der Waals surface area contributed by atoms with Crippen LogP contribution in [0.5, 0.6) is 0 Å². The predicted molar refractivity (Wildman–Crippen MR) is 76.6 cm³/mol. The van der Waals surface area contributed by atoms with Crippen LogP contribution in [0.4, 0.5) is 0 Å². The number of nitrogens with zero attached hydrogens (tertiary/aromatic N) is 3. The summed E-state index contributed by atoms with van der Waals surface area (Å²) in [6, 6.07) is 0.172. The van der Waals surface area contributed by atoms with Crippen LogP contribution < -0.4 is 0 Å². The Morgan fingerprint density at radius 2 is 2.17 bits per heavy atom. The number of aryl methyl sites for hydroxylation is 1. The molecule has 0 aliphatic heterocycles. The summed E-state index contributed by atoms with van der Waals surface area (Å²) in [4.78, 5) is 4.54. The van der Waals surface area contributed by atoms with Crippen LogP contribution in [-0.4, -0.2) is 14.8 Å². The lowest BCUT2D eigenvalue weighted by atomic mass is 10.1. The molecule has 0 bridgehead atoms. The average Bonchev–Trinajstić information content (AvgIpc) is 2.93. The molecule has 2 aromatic heterocycles. The summed E-state index contributed by atoms with van der Waals surface area (Å²) in [5, 5.41) is 7.73. The monoisotopic (exact) mass is 283 g/mol. The maximum atomic E-state index is 5.80. The second-order valence-corrected chi connectivity index (χ2v) is 5.59. The number of halogens is 1. The fourth-order valence-corrected chi connectivity index (χ4v) is 3.35. The smallest absolute Gasteiger partial charge is 0.117 e. The topological polar surface area (TPSA) is 30.7 Å². The lowest BCUT2D eigenvalue weighted by molar-refractivity contribution is 0.542. The average molecular weight is 284 g/mol. The van der Waals surface area contributed by atoms with Crippen molar-refractivity contribution in [2.75, 3.05) is 0 Å². The zero-order valence-corrected chi connectivity index (χ0v) is 12.8. The van der Waals surface area contributed by atoms with Gasteiger partial charge in [-0.2, -0.15) is 5.10 Å². The van der Waals surface area contributed by atoms with Crippen molar-refractivity contribution in [2.45, 2.75) is 46.0 Å². The first-order valence-electron chi connectivity index (χ1n) is 6.13. The van der Waals surface area contributed by atoms with Crippen molar-refractivity contribution >= 4 is 22.9 Å². The van der Waals surface area contributed by atoms with Gasteiger partial charge in [-0.1, -0.05) is 6.92 Å². The fourth-order valence-electron chi connectivity index (χ4n) is 2.27. The highest BCUT2D eigenvalue weighted by atomic mass is 35.5. The van der Waals surface area contributed by atoms with Gasteiger partial charge in [0.1, 0.15) is 11.0 Å². The summed E-state index contributed by atoms with van der Waals surface area (Å²) in [6.45, 7) is 8.50. The quantitative estimate of drug-likeness (QED) is 0.798. The van der Waals surface area contributed by atoms with Gasteiger partial charge in [0, 0.05) is 11.1 Å². The van der Waals surface area contributed by atoms with Crippen molar-refractivity contribution in [3.05, 3.63) is 33.0 Å². The third-order valence-corrected chi connectivity index (χ3v) is 4.60. The molecular formula is C13H18ClN3S. The van der Waals surface area contributed by atoms with Crippen LogP contribution in [-0.2, 0) is 12.3 Å². The highest BCUT2D eigenvalue weighted by Gasteiger charge is 2.18. The van der Waals surface area contributed by atoms with Crippen LogP contribution in [0.15, 0.2) is 5.38 Å². The molecule has 18 heavy (non-hydrogen) atoms. The number of alkyl halides is 1. The van der Waals surface area contributed by atoms with E-state index in [-0.39, 0.29) is 6.04 Å². The van der Waals surface area contributed by atoms with E-state index in [1.54, 1.807) is 11.3 Å². The lowest BCUT2D eigenvalue weighted by Gasteiger charge is -2.11. The van der Waals surface area contributed by atoms with E-state index >= 15 is 0 Å². The van der Waals surface area contributed by atoms with Gasteiger partial charge in [-0.15, -0.1) is 22.9 Å². The molecule has 1 unspecified atom stereocenters. The Labute approximate surface area is 117 Å². The highest BCUT2D eigenvalue weighted by Crippen LogP contribution is 2.25. The van der Waals surface area contributed by atoms with E-state index in [0.29, 0.717) is 5.88 Å². The Balaban J connectivity index is 2.36. The van der Waals surface area contributed by atoms with Crippen LogP contribution >= 0.6 is 22.9 Å². The number of thiazole rings is 1. The molecule has 0 radical (unpaired) electrons. The summed E-state index contributed by atoms with van der Waals surface area (Å²) in [7, 11) is 0. The molecule has 3 nitrogen and oxygen atoms in total. The van der Waals surface area contributed by atoms with Gasteiger partial charge in [0.15, 0.2) is 0 Å². The Bertz CT molecular complexity index is 544. The van der Waals surface area contributed by atoms with Crippen molar-refractivity contribution in [3.8, 4) is 0 Å². The zero-order chi connectivity index (χ0) is 13.3. The van der Waals surface area contributed by atoms with E-state index in [9.17, 15) is 0 Å². The van der Waals surface area contributed by atoms with E-state index in [1.807, 2.05) is 5.38 Å². The second-order valence-electron chi connectivity index (χ2n) is 4.43. The number of hydrogen-bond acceptors (Lipinski definition) is 3. The molecule has 0 saturated carbocycles. The first-order chi connectivity index (χ1) is 8.58. The van der Waals surface area contributed by atoms with E-state index in [0.717, 1.165) is 22.8 Å². The van der Waals surface area contributed by atoms with Crippen LogP contribution in [0, 0.1) is 13.8 Å². The van der Waals surface area contributed by atoms with Gasteiger partial charge in [0.2, 0.25) is 0 Å². The summed E-state index contributed by atoms with van der Waals surface area (Å²) < 4.78 is 2.07. The number of aromatic nitrogens is 3. The molecule has 2 heterocycles. The van der Waals surface area contributed by atoms with Crippen molar-refractivity contribution in [2.24, 2.45) is 0 Å². The summed E-state index contributed by atoms with van der Waals surface area (Å²) >= 11 is 7.45. The zero-order valence-electron chi connectivity index (χ0n) is 11.2. The predicted octanol–water partition coefficient (Wildman–Crippen LogP) is 3.87. The van der Waals surface area contributed by atoms with Gasteiger partial charge in [-0.25, -0.2) is 4.98 Å². The molecule has 0 aliphatic carbocycles. The summed E-state index contributed by atoms with van der Waals surface area (Å²) in [6.07, 6.45) is 1.02. The van der Waals surface area contributed by atoms with Crippen molar-refractivity contribution < 1.29 is 0 Å². The maximum Gasteiger partial charge on any atom is 0.117 e. The normalized spacial score (nSPS) is 12.9. The molecule has 0 fully saturated rings. The van der Waals surface area contributed by atoms with E-state index in [1.165, 1.54) is 11.3 Å². The first kappa shape index (κ1) is 13.6. The molecule has 5 heteroatoms. The van der Waals surface area contributed by atoms with Gasteiger partial charge in [-0.05, 0) is 32.8 Å². The molecule has 2 aromatic rings. The SMILES string of the molecule is CCc1c(C)nn(C(C)c2nc(CCl)cs2)c1C. The van der Waals surface area contributed by atoms with Gasteiger partial charge < -0.3 is 0 Å². The van der Waals surface area contributed by atoms with Gasteiger partial charge in [0.25, 0.3) is 0 Å². The van der Waals surface area contributed by atoms with Gasteiger partial charge >= 0.3 is 0 Å². The third kappa shape index (κ3) is 2.31. The minimum atomic E-state index is 0.172. The molecule has 0 saturated heterocycles. The summed E-state index contributed by atoms with van der Waals surface area (Å²) in [5.74, 6) is 0.473. The Kier molecular flexibility index (Phi) is 4.07. The number of hydrogen-bond donors (Lipinski definition) is 0. The van der Waals surface area contributed by atoms with Crippen molar-refractivity contribution in [3.63, 3.8) is 0 Å². The van der Waals surface area contributed by atoms with Gasteiger partial charge in [0.05, 0.1) is 17.3 Å². The third-order valence-electron chi connectivity index (χ3n) is 3.26. The molecular weight excluding hydrogens is 266 g/mol. The van der Waals surface area contributed by atoms with Crippen LogP contribution in [0.1, 0.15) is 47.5 Å². The van der Waals surface area contributed by atoms with Crippen LogP contribution in [0.25, 0.3) is 0 Å². The van der Waals surface area contributed by atoms with Gasteiger partial charge in [-0.3, -0.25) is 4.68 Å². The Morgan fingerprint density at radius 1 is 1.44 bits per heavy atom. The van der Waals surface area contributed by atoms with Crippen LogP contribution in [0.3, 0.4) is 0 Å². The molecule has 1 atom stereocenters. The molecule has 2 rings (SSSR count). The second kappa shape index (κ2) is 5.41. The lowest BCUT2D eigenvalue weighted by Crippen LogP contribution is -2.10. The molecule has 0 aliphatic rings. The standard InChI is InChI=1S/C13H18ClN3S/c1-5-12-8(2)16-17(9(12)3)10(4)13-15-11(6-14)7-18-13/h7,10H,5-6H2,1-4H3. The minimum absolute atomic E-state index is 0.172. The molecule has 0 spiro atoms. The fraction of sp³-hybridized carbons (Fsp3) is 0.538. The Morgan fingerprint density at radius 3 is 2.67 bits per heavy atom. The van der Waals surface area contributed by atoms with E-state index < -0.39 is 0 Å². The van der Waals surface area contributed by atoms with E-state index in [2.05, 4.69) is 42.5 Å². The van der Waals surface area contributed by atoms with Crippen molar-refractivity contribution in [1.29, 1.82) is 0 Å². The summed E-state index contributed by atoms with van der Waals surface area (Å²) in [5.41, 5.74) is 4.65. The maximum absolute atomic E-state index is 5.80. The van der Waals surface area contributed by atoms with Crippen molar-refractivity contribution in [1.82, 2.24) is 14.8 Å². The number of rotatable bonds is 4. The first-order valence-corrected chi connectivity index (χ1v) is 7.54. The van der Waals surface area contributed by atoms with E-state index in [4.69, 9.17) is 11.6 Å². The molecule has 0 amide bonds. The molecule has 0 N–H and O–H groups in total. The molecule has 98 valence electrons. The minimum Gasteiger partial charge on any atom is -0.260 e. The largest absolute Gasteiger partial charge is 0.260 e.